The van der Waals surface area contributed by atoms with Crippen molar-refractivity contribution in [3.05, 3.63) is 24.3 Å². The Morgan fingerprint density at radius 1 is 1.14 bits per heavy atom. The van der Waals surface area contributed by atoms with Gasteiger partial charge in [0, 0.05) is 19.7 Å². The van der Waals surface area contributed by atoms with Gasteiger partial charge in [0.05, 0.1) is 13.7 Å². The van der Waals surface area contributed by atoms with Crippen LogP contribution in [0.15, 0.2) is 29.3 Å². The normalized spacial score (nSPS) is 10.6. The van der Waals surface area contributed by atoms with Crippen LogP contribution in [0.25, 0.3) is 0 Å². The maximum atomic E-state index is 5.66. The highest BCUT2D eigenvalue weighted by Crippen LogP contribution is 2.18. The number of nitrogens with zero attached hydrogens (tertiary/aromatic N) is 1. The lowest BCUT2D eigenvalue weighted by Crippen LogP contribution is -2.39. The van der Waals surface area contributed by atoms with E-state index in [1.54, 1.807) is 14.2 Å². The number of ether oxygens (including phenoxy) is 2. The Hall–Kier alpha value is -1.18. The van der Waals surface area contributed by atoms with Gasteiger partial charge in [-0.3, -0.25) is 4.99 Å². The van der Waals surface area contributed by atoms with Gasteiger partial charge in [0.1, 0.15) is 18.1 Å². The summed E-state index contributed by atoms with van der Waals surface area (Å²) in [7, 11) is 3.42. The quantitative estimate of drug-likeness (QED) is 0.279. The molecule has 0 radical (unpaired) electrons. The average molecular weight is 421 g/mol. The Bertz CT molecular complexity index is 428. The van der Waals surface area contributed by atoms with Gasteiger partial charge in [0.25, 0.3) is 0 Å². The summed E-state index contributed by atoms with van der Waals surface area (Å²) < 4.78 is 10.8. The standard InChI is InChI=1S/C16H27N3O2.HI/c1-4-5-6-10-18-16(17-2)19-11-12-21-15-9-7-8-14(13-15)20-3;/h7-9,13H,4-6,10-12H2,1-3H3,(H2,17,18,19);1H. The highest BCUT2D eigenvalue weighted by Gasteiger charge is 1.98. The molecule has 1 rings (SSSR count). The SMILES string of the molecule is CCCCCNC(=NC)NCCOc1cccc(OC)c1.I. The second kappa shape index (κ2) is 13.5. The van der Waals surface area contributed by atoms with Crippen LogP contribution in [0, 0.1) is 0 Å². The number of halogens is 1. The molecule has 0 aliphatic carbocycles. The smallest absolute Gasteiger partial charge is 0.191 e. The summed E-state index contributed by atoms with van der Waals surface area (Å²) in [4.78, 5) is 4.18. The molecule has 0 bridgehead atoms. The highest BCUT2D eigenvalue weighted by molar-refractivity contribution is 14.0. The molecular formula is C16H28IN3O2. The molecule has 0 atom stereocenters. The zero-order valence-electron chi connectivity index (χ0n) is 13.7. The monoisotopic (exact) mass is 421 g/mol. The summed E-state index contributed by atoms with van der Waals surface area (Å²) in [5, 5.41) is 6.51. The zero-order valence-corrected chi connectivity index (χ0v) is 16.1. The van der Waals surface area contributed by atoms with Crippen molar-refractivity contribution < 1.29 is 9.47 Å². The van der Waals surface area contributed by atoms with E-state index in [1.165, 1.54) is 12.8 Å². The van der Waals surface area contributed by atoms with E-state index in [2.05, 4.69) is 22.5 Å². The van der Waals surface area contributed by atoms with Gasteiger partial charge in [-0.2, -0.15) is 0 Å². The van der Waals surface area contributed by atoms with Crippen molar-refractivity contribution in [2.45, 2.75) is 26.2 Å². The van der Waals surface area contributed by atoms with Crippen LogP contribution < -0.4 is 20.1 Å². The number of unbranched alkanes of at least 4 members (excludes halogenated alkanes) is 2. The van der Waals surface area contributed by atoms with E-state index in [4.69, 9.17) is 9.47 Å². The Labute approximate surface area is 150 Å². The Morgan fingerprint density at radius 2 is 1.86 bits per heavy atom. The predicted molar refractivity (Wildman–Crippen MR) is 103 cm³/mol. The molecule has 0 aliphatic heterocycles. The maximum Gasteiger partial charge on any atom is 0.191 e. The van der Waals surface area contributed by atoms with Gasteiger partial charge < -0.3 is 20.1 Å². The average Bonchev–Trinajstić information content (AvgIpc) is 2.53. The fourth-order valence-electron chi connectivity index (χ4n) is 1.83. The fourth-order valence-corrected chi connectivity index (χ4v) is 1.83. The molecule has 0 aromatic heterocycles. The minimum Gasteiger partial charge on any atom is -0.497 e. The van der Waals surface area contributed by atoms with Crippen LogP contribution >= 0.6 is 24.0 Å². The minimum absolute atomic E-state index is 0. The summed E-state index contributed by atoms with van der Waals surface area (Å²) in [6.07, 6.45) is 3.63. The number of guanidine groups is 1. The fraction of sp³-hybridized carbons (Fsp3) is 0.562. The van der Waals surface area contributed by atoms with E-state index in [1.807, 2.05) is 24.3 Å². The number of methoxy groups -OCH3 is 1. The van der Waals surface area contributed by atoms with Gasteiger partial charge >= 0.3 is 0 Å². The van der Waals surface area contributed by atoms with E-state index in [0.29, 0.717) is 13.2 Å². The van der Waals surface area contributed by atoms with Crippen LogP contribution in [0.4, 0.5) is 0 Å². The van der Waals surface area contributed by atoms with Crippen molar-refractivity contribution in [1.29, 1.82) is 0 Å². The summed E-state index contributed by atoms with van der Waals surface area (Å²) in [5.74, 6) is 2.43. The number of hydrogen-bond donors (Lipinski definition) is 2. The zero-order chi connectivity index (χ0) is 15.3. The molecule has 126 valence electrons. The van der Waals surface area contributed by atoms with Crippen LogP contribution in [-0.4, -0.2) is 39.8 Å². The van der Waals surface area contributed by atoms with Gasteiger partial charge in [0.2, 0.25) is 0 Å². The number of rotatable bonds is 9. The van der Waals surface area contributed by atoms with Crippen molar-refractivity contribution in [2.75, 3.05) is 33.9 Å². The van der Waals surface area contributed by atoms with Crippen molar-refractivity contribution in [3.63, 3.8) is 0 Å². The van der Waals surface area contributed by atoms with Crippen molar-refractivity contribution in [2.24, 2.45) is 4.99 Å². The summed E-state index contributed by atoms with van der Waals surface area (Å²) in [6, 6.07) is 7.60. The molecule has 0 saturated carbocycles. The predicted octanol–water partition coefficient (Wildman–Crippen LogP) is 3.05. The first-order valence-corrected chi connectivity index (χ1v) is 7.51. The Kier molecular flexibility index (Phi) is 12.8. The topological polar surface area (TPSA) is 54.9 Å². The maximum absolute atomic E-state index is 5.66. The number of nitrogens with one attached hydrogen (secondary N) is 2. The van der Waals surface area contributed by atoms with Gasteiger partial charge in [0.15, 0.2) is 5.96 Å². The first kappa shape index (κ1) is 20.8. The summed E-state index contributed by atoms with van der Waals surface area (Å²) in [5.41, 5.74) is 0. The van der Waals surface area contributed by atoms with E-state index in [-0.39, 0.29) is 24.0 Å². The first-order valence-electron chi connectivity index (χ1n) is 7.51. The van der Waals surface area contributed by atoms with Gasteiger partial charge in [-0.25, -0.2) is 0 Å². The van der Waals surface area contributed by atoms with Crippen LogP contribution in [0.1, 0.15) is 26.2 Å². The van der Waals surface area contributed by atoms with E-state index >= 15 is 0 Å². The van der Waals surface area contributed by atoms with E-state index in [0.717, 1.165) is 30.4 Å². The molecule has 6 heteroatoms. The second-order valence-electron chi connectivity index (χ2n) is 4.66. The lowest BCUT2D eigenvalue weighted by molar-refractivity contribution is 0.319. The summed E-state index contributed by atoms with van der Waals surface area (Å²) in [6.45, 7) is 4.42. The largest absolute Gasteiger partial charge is 0.497 e. The van der Waals surface area contributed by atoms with Gasteiger partial charge in [-0.1, -0.05) is 25.8 Å². The summed E-state index contributed by atoms with van der Waals surface area (Å²) >= 11 is 0. The molecular weight excluding hydrogens is 393 g/mol. The molecule has 1 aromatic rings. The molecule has 0 aliphatic rings. The lowest BCUT2D eigenvalue weighted by Gasteiger charge is -2.12. The van der Waals surface area contributed by atoms with Crippen LogP contribution in [0.5, 0.6) is 11.5 Å². The number of hydrogen-bond acceptors (Lipinski definition) is 3. The molecule has 1 aromatic carbocycles. The highest BCUT2D eigenvalue weighted by atomic mass is 127. The van der Waals surface area contributed by atoms with Crippen molar-refractivity contribution in [3.8, 4) is 11.5 Å². The molecule has 0 amide bonds. The van der Waals surface area contributed by atoms with E-state index < -0.39 is 0 Å². The molecule has 0 fully saturated rings. The van der Waals surface area contributed by atoms with Crippen molar-refractivity contribution >= 4 is 29.9 Å². The molecule has 22 heavy (non-hydrogen) atoms. The molecule has 0 spiro atoms. The van der Waals surface area contributed by atoms with Crippen molar-refractivity contribution in [1.82, 2.24) is 10.6 Å². The van der Waals surface area contributed by atoms with Crippen LogP contribution in [0.3, 0.4) is 0 Å². The minimum atomic E-state index is 0. The number of benzene rings is 1. The van der Waals surface area contributed by atoms with E-state index in [9.17, 15) is 0 Å². The number of aliphatic imine (C=N–C) groups is 1. The Morgan fingerprint density at radius 3 is 2.55 bits per heavy atom. The first-order chi connectivity index (χ1) is 10.3. The molecule has 0 unspecified atom stereocenters. The molecule has 5 nitrogen and oxygen atoms in total. The third-order valence-corrected chi connectivity index (χ3v) is 3.00. The molecule has 0 heterocycles. The molecule has 0 saturated heterocycles. The third-order valence-electron chi connectivity index (χ3n) is 3.00. The van der Waals surface area contributed by atoms with Crippen LogP contribution in [-0.2, 0) is 0 Å². The van der Waals surface area contributed by atoms with Crippen LogP contribution in [0.2, 0.25) is 0 Å². The van der Waals surface area contributed by atoms with Gasteiger partial charge in [-0.15, -0.1) is 24.0 Å². The second-order valence-corrected chi connectivity index (χ2v) is 4.66. The Balaban J connectivity index is 0.00000441. The molecule has 2 N–H and O–H groups in total. The lowest BCUT2D eigenvalue weighted by atomic mass is 10.2. The third kappa shape index (κ3) is 8.96. The van der Waals surface area contributed by atoms with Gasteiger partial charge in [-0.05, 0) is 18.6 Å².